The Labute approximate surface area is 191 Å². The molecule has 0 atom stereocenters. The number of morpholine rings is 1. The van der Waals surface area contributed by atoms with E-state index < -0.39 is 0 Å². The van der Waals surface area contributed by atoms with Crippen LogP contribution in [-0.4, -0.2) is 53.8 Å². The smallest absolute Gasteiger partial charge is 0.271 e. The van der Waals surface area contributed by atoms with Crippen molar-refractivity contribution in [1.82, 2.24) is 14.9 Å². The first-order valence-corrected chi connectivity index (χ1v) is 11.0. The Balaban J connectivity index is 1.35. The summed E-state index contributed by atoms with van der Waals surface area (Å²) >= 11 is 0. The third kappa shape index (κ3) is 4.36. The Kier molecular flexibility index (Phi) is 5.87. The standard InChI is InChI=1S/C26H24N4O3/c31-25(29-12-14-33-15-13-29)18-30-17-20(22-9-3-4-11-24(22)30)16-27-28-26(32)23-10-5-7-19-6-1-2-8-21(19)23/h1-11,16-17H,12-15,18H2,(H,28,32)/b27-16-. The van der Waals surface area contributed by atoms with E-state index in [-0.39, 0.29) is 18.4 Å². The van der Waals surface area contributed by atoms with Crippen LogP contribution in [0.4, 0.5) is 0 Å². The molecule has 0 unspecified atom stereocenters. The second-order valence-corrected chi connectivity index (χ2v) is 7.95. The maximum absolute atomic E-state index is 12.7. The number of hydrogen-bond acceptors (Lipinski definition) is 4. The Morgan fingerprint density at radius 3 is 2.52 bits per heavy atom. The van der Waals surface area contributed by atoms with Crippen molar-refractivity contribution in [2.24, 2.45) is 5.10 Å². The normalized spacial score (nSPS) is 14.2. The molecule has 4 aromatic rings. The van der Waals surface area contributed by atoms with E-state index in [1.54, 1.807) is 12.3 Å². The molecule has 7 nitrogen and oxygen atoms in total. The molecule has 2 amide bonds. The Morgan fingerprint density at radius 1 is 0.939 bits per heavy atom. The summed E-state index contributed by atoms with van der Waals surface area (Å²) in [5.74, 6) is -0.207. The minimum atomic E-state index is -0.269. The average Bonchev–Trinajstić information content (AvgIpc) is 3.21. The van der Waals surface area contributed by atoms with Crippen LogP contribution in [0.25, 0.3) is 21.7 Å². The fourth-order valence-electron chi connectivity index (χ4n) is 4.21. The number of carbonyl (C=O) groups excluding carboxylic acids is 2. The molecular formula is C26H24N4O3. The van der Waals surface area contributed by atoms with Crippen LogP contribution in [0.1, 0.15) is 15.9 Å². The van der Waals surface area contributed by atoms with Crippen LogP contribution in [0.5, 0.6) is 0 Å². The van der Waals surface area contributed by atoms with Crippen molar-refractivity contribution in [2.45, 2.75) is 6.54 Å². The number of carbonyl (C=O) groups is 2. The summed E-state index contributed by atoms with van der Waals surface area (Å²) in [6.07, 6.45) is 3.53. The maximum Gasteiger partial charge on any atom is 0.271 e. The SMILES string of the molecule is O=C(N/N=C\c1cn(CC(=O)N2CCOCC2)c2ccccc12)c1cccc2ccccc12. The molecule has 1 N–H and O–H groups in total. The van der Waals surface area contributed by atoms with Gasteiger partial charge < -0.3 is 14.2 Å². The second kappa shape index (κ2) is 9.26. The van der Waals surface area contributed by atoms with E-state index in [1.165, 1.54) is 0 Å². The van der Waals surface area contributed by atoms with Crippen LogP contribution < -0.4 is 5.43 Å². The van der Waals surface area contributed by atoms with Crippen molar-refractivity contribution in [2.75, 3.05) is 26.3 Å². The first-order valence-electron chi connectivity index (χ1n) is 11.0. The van der Waals surface area contributed by atoms with E-state index >= 15 is 0 Å². The number of rotatable bonds is 5. The van der Waals surface area contributed by atoms with Crippen molar-refractivity contribution in [3.63, 3.8) is 0 Å². The zero-order valence-corrected chi connectivity index (χ0v) is 18.1. The van der Waals surface area contributed by atoms with Crippen molar-refractivity contribution in [1.29, 1.82) is 0 Å². The lowest BCUT2D eigenvalue weighted by Crippen LogP contribution is -2.42. The molecule has 0 spiro atoms. The highest BCUT2D eigenvalue weighted by atomic mass is 16.5. The molecule has 1 fully saturated rings. The van der Waals surface area contributed by atoms with Gasteiger partial charge in [-0.3, -0.25) is 9.59 Å². The summed E-state index contributed by atoms with van der Waals surface area (Å²) in [5.41, 5.74) is 4.99. The van der Waals surface area contributed by atoms with Crippen LogP contribution in [0.3, 0.4) is 0 Å². The van der Waals surface area contributed by atoms with E-state index in [0.717, 1.165) is 27.2 Å². The van der Waals surface area contributed by atoms with Crippen molar-refractivity contribution < 1.29 is 14.3 Å². The number of ether oxygens (including phenoxy) is 1. The number of fused-ring (bicyclic) bond motifs is 2. The van der Waals surface area contributed by atoms with Gasteiger partial charge in [0, 0.05) is 41.3 Å². The third-order valence-electron chi connectivity index (χ3n) is 5.89. The summed E-state index contributed by atoms with van der Waals surface area (Å²) in [6.45, 7) is 2.63. The molecule has 3 aromatic carbocycles. The average molecular weight is 441 g/mol. The zero-order chi connectivity index (χ0) is 22.6. The van der Waals surface area contributed by atoms with Crippen molar-refractivity contribution >= 4 is 39.7 Å². The fourth-order valence-corrected chi connectivity index (χ4v) is 4.21. The van der Waals surface area contributed by atoms with Crippen molar-refractivity contribution in [3.05, 3.63) is 84.1 Å². The van der Waals surface area contributed by atoms with Gasteiger partial charge in [0.25, 0.3) is 5.91 Å². The van der Waals surface area contributed by atoms with Gasteiger partial charge in [-0.15, -0.1) is 0 Å². The van der Waals surface area contributed by atoms with Gasteiger partial charge in [0.05, 0.1) is 19.4 Å². The van der Waals surface area contributed by atoms with Crippen LogP contribution in [0.15, 0.2) is 78.0 Å². The Bertz CT molecular complexity index is 1350. The molecule has 0 bridgehead atoms. The lowest BCUT2D eigenvalue weighted by Gasteiger charge is -2.27. The van der Waals surface area contributed by atoms with Gasteiger partial charge in [0.15, 0.2) is 0 Å². The quantitative estimate of drug-likeness (QED) is 0.382. The van der Waals surface area contributed by atoms with E-state index in [4.69, 9.17) is 4.74 Å². The molecule has 0 saturated carbocycles. The number of benzene rings is 3. The Morgan fingerprint density at radius 2 is 1.67 bits per heavy atom. The summed E-state index contributed by atoms with van der Waals surface area (Å²) in [6, 6.07) is 21.2. The first kappa shape index (κ1) is 20.9. The Hall–Kier alpha value is -3.97. The molecule has 1 aliphatic heterocycles. The topological polar surface area (TPSA) is 75.9 Å². The summed E-state index contributed by atoms with van der Waals surface area (Å²) in [7, 11) is 0. The molecule has 1 aliphatic rings. The minimum Gasteiger partial charge on any atom is -0.378 e. The van der Waals surface area contributed by atoms with Crippen LogP contribution in [0, 0.1) is 0 Å². The second-order valence-electron chi connectivity index (χ2n) is 7.95. The van der Waals surface area contributed by atoms with E-state index in [0.29, 0.717) is 31.9 Å². The van der Waals surface area contributed by atoms with Crippen molar-refractivity contribution in [3.8, 4) is 0 Å². The van der Waals surface area contributed by atoms with Gasteiger partial charge in [0.1, 0.15) is 6.54 Å². The molecule has 1 aromatic heterocycles. The molecule has 33 heavy (non-hydrogen) atoms. The highest BCUT2D eigenvalue weighted by molar-refractivity contribution is 6.07. The predicted octanol–water partition coefficient (Wildman–Crippen LogP) is 3.42. The summed E-state index contributed by atoms with van der Waals surface area (Å²) in [5, 5.41) is 7.06. The molecule has 5 rings (SSSR count). The summed E-state index contributed by atoms with van der Waals surface area (Å²) in [4.78, 5) is 27.3. The van der Waals surface area contributed by atoms with Gasteiger partial charge in [-0.2, -0.15) is 5.10 Å². The number of nitrogens with zero attached hydrogens (tertiary/aromatic N) is 3. The van der Waals surface area contributed by atoms with Gasteiger partial charge >= 0.3 is 0 Å². The number of para-hydroxylation sites is 1. The lowest BCUT2D eigenvalue weighted by atomic mass is 10.0. The van der Waals surface area contributed by atoms with Crippen LogP contribution in [0.2, 0.25) is 0 Å². The number of nitrogens with one attached hydrogen (secondary N) is 1. The number of amides is 2. The first-order chi connectivity index (χ1) is 16.2. The van der Waals surface area contributed by atoms with Gasteiger partial charge in [-0.25, -0.2) is 5.43 Å². The zero-order valence-electron chi connectivity index (χ0n) is 18.1. The molecule has 166 valence electrons. The summed E-state index contributed by atoms with van der Waals surface area (Å²) < 4.78 is 7.27. The monoisotopic (exact) mass is 440 g/mol. The van der Waals surface area contributed by atoms with E-state index in [2.05, 4.69) is 10.5 Å². The van der Waals surface area contributed by atoms with E-state index in [9.17, 15) is 9.59 Å². The molecule has 0 aliphatic carbocycles. The molecule has 7 heteroatoms. The molecule has 0 radical (unpaired) electrons. The molecule has 2 heterocycles. The molecular weight excluding hydrogens is 416 g/mol. The molecule has 1 saturated heterocycles. The van der Waals surface area contributed by atoms with Gasteiger partial charge in [0.2, 0.25) is 5.91 Å². The van der Waals surface area contributed by atoms with Crippen LogP contribution in [-0.2, 0) is 16.1 Å². The highest BCUT2D eigenvalue weighted by Crippen LogP contribution is 2.21. The lowest BCUT2D eigenvalue weighted by molar-refractivity contribution is -0.135. The van der Waals surface area contributed by atoms with Gasteiger partial charge in [-0.1, -0.05) is 54.6 Å². The predicted molar refractivity (Wildman–Crippen MR) is 128 cm³/mol. The fraction of sp³-hybridized carbons (Fsp3) is 0.192. The number of aromatic nitrogens is 1. The van der Waals surface area contributed by atoms with Gasteiger partial charge in [-0.05, 0) is 22.9 Å². The maximum atomic E-state index is 12.7. The minimum absolute atomic E-state index is 0.0619. The third-order valence-corrected chi connectivity index (χ3v) is 5.89. The highest BCUT2D eigenvalue weighted by Gasteiger charge is 2.18. The van der Waals surface area contributed by atoms with Crippen LogP contribution >= 0.6 is 0 Å². The number of hydrazone groups is 1. The van der Waals surface area contributed by atoms with E-state index in [1.807, 2.05) is 76.3 Å². The number of hydrogen-bond donors (Lipinski definition) is 1. The largest absolute Gasteiger partial charge is 0.378 e.